The molecule has 0 saturated heterocycles. The van der Waals surface area contributed by atoms with Gasteiger partial charge >= 0.3 is 5.56 Å². The lowest BCUT2D eigenvalue weighted by Crippen LogP contribution is -2.13. The van der Waals surface area contributed by atoms with Crippen LogP contribution in [0, 0.1) is 13.8 Å². The van der Waals surface area contributed by atoms with Gasteiger partial charge in [-0.3, -0.25) is 9.89 Å². The minimum Gasteiger partial charge on any atom is -0.291 e. The highest BCUT2D eigenvalue weighted by atomic mass is 32.1. The minimum absolute atomic E-state index is 0.266. The largest absolute Gasteiger partial charge is 0.301 e. The summed E-state index contributed by atoms with van der Waals surface area (Å²) >= 11 is 1.40. The van der Waals surface area contributed by atoms with Gasteiger partial charge in [-0.2, -0.15) is 9.80 Å². The molecule has 0 bridgehead atoms. The monoisotopic (exact) mass is 375 g/mol. The van der Waals surface area contributed by atoms with E-state index in [1.807, 2.05) is 66.9 Å². The summed E-state index contributed by atoms with van der Waals surface area (Å²) in [5.74, 6) is 0. The molecule has 2 aromatic heterocycles. The van der Waals surface area contributed by atoms with E-state index in [2.05, 4.69) is 20.3 Å². The van der Waals surface area contributed by atoms with Crippen molar-refractivity contribution in [2.45, 2.75) is 13.8 Å². The summed E-state index contributed by atoms with van der Waals surface area (Å²) in [5, 5.41) is 13.9. The van der Waals surface area contributed by atoms with E-state index < -0.39 is 0 Å². The lowest BCUT2D eigenvalue weighted by atomic mass is 10.2. The Kier molecular flexibility index (Phi) is 4.52. The van der Waals surface area contributed by atoms with Gasteiger partial charge in [0.05, 0.1) is 17.1 Å². The van der Waals surface area contributed by atoms with Crippen LogP contribution in [0.3, 0.4) is 0 Å². The van der Waals surface area contributed by atoms with E-state index >= 15 is 0 Å². The fraction of sp³-hybridized carbons (Fsp3) is 0.100. The van der Waals surface area contributed by atoms with Gasteiger partial charge in [-0.1, -0.05) is 42.5 Å². The second kappa shape index (κ2) is 7.13. The third-order valence-electron chi connectivity index (χ3n) is 4.06. The first-order chi connectivity index (χ1) is 13.1. The van der Waals surface area contributed by atoms with Gasteiger partial charge in [-0.25, -0.2) is 4.98 Å². The van der Waals surface area contributed by atoms with E-state index in [4.69, 9.17) is 0 Å². The van der Waals surface area contributed by atoms with Crippen LogP contribution in [-0.4, -0.2) is 14.8 Å². The van der Waals surface area contributed by atoms with Crippen LogP contribution in [0.25, 0.3) is 16.4 Å². The lowest BCUT2D eigenvalue weighted by Gasteiger charge is -1.95. The topological polar surface area (TPSA) is 75.4 Å². The summed E-state index contributed by atoms with van der Waals surface area (Å²) in [5.41, 5.74) is 4.31. The van der Waals surface area contributed by atoms with Crippen molar-refractivity contribution in [2.24, 2.45) is 10.2 Å². The lowest BCUT2D eigenvalue weighted by molar-refractivity contribution is 0.827. The molecule has 0 aliphatic carbocycles. The van der Waals surface area contributed by atoms with Gasteiger partial charge in [0.25, 0.3) is 0 Å². The number of benzene rings is 2. The maximum absolute atomic E-state index is 12.8. The van der Waals surface area contributed by atoms with Crippen LogP contribution in [0.15, 0.2) is 75.0 Å². The van der Waals surface area contributed by atoms with E-state index in [-0.39, 0.29) is 11.2 Å². The molecule has 0 aliphatic heterocycles. The van der Waals surface area contributed by atoms with Crippen molar-refractivity contribution < 1.29 is 0 Å². The van der Waals surface area contributed by atoms with Crippen LogP contribution >= 0.6 is 11.3 Å². The molecular weight excluding hydrogens is 358 g/mol. The molecule has 4 rings (SSSR count). The fourth-order valence-electron chi connectivity index (χ4n) is 2.70. The van der Waals surface area contributed by atoms with Gasteiger partial charge in [0, 0.05) is 10.9 Å². The third kappa shape index (κ3) is 3.50. The average molecular weight is 375 g/mol. The van der Waals surface area contributed by atoms with Gasteiger partial charge in [-0.05, 0) is 31.5 Å². The molecule has 0 saturated carbocycles. The molecule has 0 spiro atoms. The summed E-state index contributed by atoms with van der Waals surface area (Å²) in [7, 11) is 0. The van der Waals surface area contributed by atoms with Crippen molar-refractivity contribution in [3.8, 4) is 16.4 Å². The molecule has 134 valence electrons. The van der Waals surface area contributed by atoms with Crippen LogP contribution < -0.4 is 5.56 Å². The van der Waals surface area contributed by atoms with E-state index in [1.54, 1.807) is 6.92 Å². The molecule has 27 heavy (non-hydrogen) atoms. The highest BCUT2D eigenvalue weighted by Gasteiger charge is 2.15. The smallest absolute Gasteiger partial charge is 0.291 e. The summed E-state index contributed by atoms with van der Waals surface area (Å²) in [6.07, 6.45) is 0. The highest BCUT2D eigenvalue weighted by Crippen LogP contribution is 2.24. The standard InChI is InChI=1S/C20H17N5OS/c1-13-7-6-10-16(11-13)22-23-18-14(2)24-25(19(18)26)20-21-17(12-27-20)15-8-4-3-5-9-15/h3-12,24H,1-2H3. The number of nitrogens with one attached hydrogen (secondary N) is 1. The molecule has 2 heterocycles. The first kappa shape index (κ1) is 17.1. The van der Waals surface area contributed by atoms with E-state index in [1.165, 1.54) is 16.0 Å². The van der Waals surface area contributed by atoms with E-state index in [0.717, 1.165) is 16.8 Å². The zero-order chi connectivity index (χ0) is 18.8. The van der Waals surface area contributed by atoms with Crippen molar-refractivity contribution in [1.82, 2.24) is 14.8 Å². The molecule has 0 unspecified atom stereocenters. The maximum Gasteiger partial charge on any atom is 0.301 e. The Balaban J connectivity index is 1.67. The van der Waals surface area contributed by atoms with Gasteiger partial charge in [-0.15, -0.1) is 16.5 Å². The Bertz CT molecular complexity index is 1170. The zero-order valence-electron chi connectivity index (χ0n) is 14.9. The molecule has 2 aromatic carbocycles. The number of nitrogens with zero attached hydrogens (tertiary/aromatic N) is 4. The predicted octanol–water partition coefficient (Wildman–Crippen LogP) is 5.32. The third-order valence-corrected chi connectivity index (χ3v) is 4.89. The van der Waals surface area contributed by atoms with Crippen LogP contribution in [0.4, 0.5) is 11.4 Å². The first-order valence-corrected chi connectivity index (χ1v) is 9.31. The normalized spacial score (nSPS) is 11.3. The Morgan fingerprint density at radius 1 is 1.04 bits per heavy atom. The van der Waals surface area contributed by atoms with Crippen LogP contribution in [0.1, 0.15) is 11.3 Å². The SMILES string of the molecule is Cc1cccc(N=Nc2c(C)[nH]n(-c3nc(-c4ccccc4)cs3)c2=O)c1. The molecule has 0 atom stereocenters. The molecule has 7 heteroatoms. The Hall–Kier alpha value is -3.32. The number of aryl methyl sites for hydroxylation is 2. The number of thiazole rings is 1. The van der Waals surface area contributed by atoms with Crippen molar-refractivity contribution in [3.05, 3.63) is 81.6 Å². The highest BCUT2D eigenvalue weighted by molar-refractivity contribution is 7.12. The number of azo groups is 1. The molecule has 0 amide bonds. The maximum atomic E-state index is 12.8. The van der Waals surface area contributed by atoms with Gasteiger partial charge in [0.15, 0.2) is 5.69 Å². The number of hydrogen-bond acceptors (Lipinski definition) is 5. The van der Waals surface area contributed by atoms with Gasteiger partial charge in [0.1, 0.15) is 0 Å². The van der Waals surface area contributed by atoms with Crippen LogP contribution in [-0.2, 0) is 0 Å². The second-order valence-electron chi connectivity index (χ2n) is 6.15. The fourth-order valence-corrected chi connectivity index (χ4v) is 3.49. The molecule has 1 N–H and O–H groups in total. The second-order valence-corrected chi connectivity index (χ2v) is 6.98. The number of hydrogen-bond donors (Lipinski definition) is 1. The Morgan fingerprint density at radius 2 is 1.85 bits per heavy atom. The van der Waals surface area contributed by atoms with Crippen molar-refractivity contribution in [2.75, 3.05) is 0 Å². The minimum atomic E-state index is -0.266. The number of rotatable bonds is 4. The number of H-pyrrole nitrogens is 1. The zero-order valence-corrected chi connectivity index (χ0v) is 15.7. The Morgan fingerprint density at radius 3 is 2.63 bits per heavy atom. The molecular formula is C20H17N5OS. The molecule has 6 nitrogen and oxygen atoms in total. The molecule has 0 aliphatic rings. The average Bonchev–Trinajstić information content (AvgIpc) is 3.26. The summed E-state index contributed by atoms with van der Waals surface area (Å²) in [6.45, 7) is 3.79. The summed E-state index contributed by atoms with van der Waals surface area (Å²) in [6, 6.07) is 17.5. The van der Waals surface area contributed by atoms with Crippen molar-refractivity contribution in [3.63, 3.8) is 0 Å². The number of aromatic amines is 1. The summed E-state index contributed by atoms with van der Waals surface area (Å²) in [4.78, 5) is 17.3. The quantitative estimate of drug-likeness (QED) is 0.490. The summed E-state index contributed by atoms with van der Waals surface area (Å²) < 4.78 is 1.41. The van der Waals surface area contributed by atoms with Gasteiger partial charge < -0.3 is 0 Å². The molecule has 4 aromatic rings. The predicted molar refractivity (Wildman–Crippen MR) is 108 cm³/mol. The van der Waals surface area contributed by atoms with Crippen molar-refractivity contribution >= 4 is 22.7 Å². The van der Waals surface area contributed by atoms with E-state index in [9.17, 15) is 4.79 Å². The van der Waals surface area contributed by atoms with Crippen molar-refractivity contribution in [1.29, 1.82) is 0 Å². The van der Waals surface area contributed by atoms with E-state index in [0.29, 0.717) is 16.5 Å². The molecule has 0 fully saturated rings. The first-order valence-electron chi connectivity index (χ1n) is 8.43. The van der Waals surface area contributed by atoms with Crippen LogP contribution in [0.5, 0.6) is 0 Å². The van der Waals surface area contributed by atoms with Gasteiger partial charge in [0.2, 0.25) is 5.13 Å². The van der Waals surface area contributed by atoms with Crippen LogP contribution in [0.2, 0.25) is 0 Å². The number of aromatic nitrogens is 3. The Labute approximate surface area is 159 Å². The molecule has 0 radical (unpaired) electrons.